The van der Waals surface area contributed by atoms with E-state index in [0.717, 1.165) is 17.1 Å². The Bertz CT molecular complexity index is 2700. The molecule has 0 unspecified atom stereocenters. The number of para-hydroxylation sites is 1. The highest BCUT2D eigenvalue weighted by Gasteiger charge is 2.45. The van der Waals surface area contributed by atoms with Crippen molar-refractivity contribution in [3.63, 3.8) is 0 Å². The number of benzene rings is 9. The third-order valence-corrected chi connectivity index (χ3v) is 11.4. The molecular formula is C55H39N. The lowest BCUT2D eigenvalue weighted by atomic mass is 9.67. The molecule has 0 aromatic heterocycles. The van der Waals surface area contributed by atoms with Gasteiger partial charge in [0.25, 0.3) is 0 Å². The van der Waals surface area contributed by atoms with Crippen molar-refractivity contribution in [3.05, 3.63) is 259 Å². The summed E-state index contributed by atoms with van der Waals surface area (Å²) >= 11 is 0. The number of fused-ring (bicyclic) bond motifs is 3. The summed E-state index contributed by atoms with van der Waals surface area (Å²) in [5, 5.41) is 0. The lowest BCUT2D eigenvalue weighted by Crippen LogP contribution is -2.28. The molecule has 9 aromatic carbocycles. The number of hydrogen-bond acceptors (Lipinski definition) is 1. The third-order valence-electron chi connectivity index (χ3n) is 11.4. The van der Waals surface area contributed by atoms with Crippen LogP contribution in [0, 0.1) is 0 Å². The molecule has 0 saturated heterocycles. The number of rotatable bonds is 8. The van der Waals surface area contributed by atoms with Gasteiger partial charge in [-0.05, 0) is 109 Å². The summed E-state index contributed by atoms with van der Waals surface area (Å²) in [7, 11) is 0. The van der Waals surface area contributed by atoms with Crippen LogP contribution in [0.2, 0.25) is 0 Å². The van der Waals surface area contributed by atoms with Gasteiger partial charge in [0.1, 0.15) is 0 Å². The van der Waals surface area contributed by atoms with Gasteiger partial charge in [-0.3, -0.25) is 0 Å². The van der Waals surface area contributed by atoms with E-state index < -0.39 is 0 Å². The van der Waals surface area contributed by atoms with Crippen molar-refractivity contribution >= 4 is 17.1 Å². The first-order chi connectivity index (χ1) is 27.8. The molecule has 0 saturated carbocycles. The molecule has 0 amide bonds. The standard InChI is InChI=1S/C55H39N/c1-5-15-40(16-6-1)42-29-34-49(35-30-42)56(48-21-11-4-12-22-48)50-36-31-43(32-37-50)41-25-27-44(28-26-41)45-33-38-54-52(39-45)51-23-13-14-24-53(51)55(54,46-17-7-2-8-18-46)47-19-9-3-10-20-47/h1-39H. The zero-order chi connectivity index (χ0) is 37.3. The summed E-state index contributed by atoms with van der Waals surface area (Å²) in [6.07, 6.45) is 0. The van der Waals surface area contributed by atoms with Crippen molar-refractivity contribution in [2.75, 3.05) is 4.90 Å². The molecule has 0 bridgehead atoms. The predicted octanol–water partition coefficient (Wildman–Crippen LogP) is 14.5. The topological polar surface area (TPSA) is 3.24 Å². The normalized spacial score (nSPS) is 12.4. The molecule has 1 aliphatic carbocycles. The molecule has 0 fully saturated rings. The molecule has 0 aliphatic heterocycles. The van der Waals surface area contributed by atoms with Gasteiger partial charge in [-0.2, -0.15) is 0 Å². The van der Waals surface area contributed by atoms with Crippen molar-refractivity contribution in [2.45, 2.75) is 5.41 Å². The first-order valence-corrected chi connectivity index (χ1v) is 19.3. The minimum Gasteiger partial charge on any atom is -0.311 e. The van der Waals surface area contributed by atoms with E-state index in [0.29, 0.717) is 0 Å². The van der Waals surface area contributed by atoms with Gasteiger partial charge in [0, 0.05) is 17.1 Å². The first kappa shape index (κ1) is 33.4. The second-order valence-corrected chi connectivity index (χ2v) is 14.5. The van der Waals surface area contributed by atoms with Gasteiger partial charge in [0.05, 0.1) is 5.41 Å². The molecule has 0 heterocycles. The van der Waals surface area contributed by atoms with Crippen LogP contribution in [-0.2, 0) is 5.41 Å². The highest BCUT2D eigenvalue weighted by molar-refractivity contribution is 5.89. The van der Waals surface area contributed by atoms with Gasteiger partial charge in [0.2, 0.25) is 0 Å². The number of hydrogen-bond donors (Lipinski definition) is 0. The molecule has 0 N–H and O–H groups in total. The highest BCUT2D eigenvalue weighted by Crippen LogP contribution is 2.56. The molecule has 264 valence electrons. The van der Waals surface area contributed by atoms with Crippen LogP contribution in [0.1, 0.15) is 22.3 Å². The van der Waals surface area contributed by atoms with Gasteiger partial charge in [-0.1, -0.05) is 194 Å². The zero-order valence-electron chi connectivity index (χ0n) is 31.0. The molecule has 0 radical (unpaired) electrons. The SMILES string of the molecule is c1ccc(-c2ccc(N(c3ccccc3)c3ccc(-c4ccc(-c5ccc6c(c5)-c5ccccc5C6(c5ccccc5)c5ccccc5)cc4)cc3)cc2)cc1. The average molecular weight is 714 g/mol. The second-order valence-electron chi connectivity index (χ2n) is 14.5. The summed E-state index contributed by atoms with van der Waals surface area (Å²) in [5.74, 6) is 0. The first-order valence-electron chi connectivity index (χ1n) is 19.3. The smallest absolute Gasteiger partial charge is 0.0713 e. The Morgan fingerprint density at radius 2 is 0.607 bits per heavy atom. The maximum absolute atomic E-state index is 2.40. The summed E-state index contributed by atoms with van der Waals surface area (Å²) in [5.41, 5.74) is 18.0. The molecule has 0 spiro atoms. The van der Waals surface area contributed by atoms with Gasteiger partial charge in [0.15, 0.2) is 0 Å². The fourth-order valence-electron chi connectivity index (χ4n) is 8.74. The third kappa shape index (κ3) is 5.73. The average Bonchev–Trinajstić information content (AvgIpc) is 3.59. The predicted molar refractivity (Wildman–Crippen MR) is 235 cm³/mol. The summed E-state index contributed by atoms with van der Waals surface area (Å²) < 4.78 is 0. The second kappa shape index (κ2) is 14.2. The fourth-order valence-corrected chi connectivity index (χ4v) is 8.74. The Morgan fingerprint density at radius 1 is 0.250 bits per heavy atom. The zero-order valence-corrected chi connectivity index (χ0v) is 31.0. The summed E-state index contributed by atoms with van der Waals surface area (Å²) in [6.45, 7) is 0. The van der Waals surface area contributed by atoms with Crippen LogP contribution >= 0.6 is 0 Å². The van der Waals surface area contributed by atoms with Crippen LogP contribution in [0.25, 0.3) is 44.5 Å². The van der Waals surface area contributed by atoms with Crippen LogP contribution in [0.3, 0.4) is 0 Å². The number of anilines is 3. The van der Waals surface area contributed by atoms with Crippen LogP contribution in [0.15, 0.2) is 237 Å². The van der Waals surface area contributed by atoms with E-state index in [4.69, 9.17) is 0 Å². The van der Waals surface area contributed by atoms with Crippen LogP contribution in [0.5, 0.6) is 0 Å². The monoisotopic (exact) mass is 713 g/mol. The minimum absolute atomic E-state index is 0.384. The fraction of sp³-hybridized carbons (Fsp3) is 0.0182. The Labute approximate surface area is 329 Å². The molecule has 1 aliphatic rings. The van der Waals surface area contributed by atoms with Crippen molar-refractivity contribution in [2.24, 2.45) is 0 Å². The van der Waals surface area contributed by atoms with E-state index in [1.807, 2.05) is 0 Å². The maximum Gasteiger partial charge on any atom is 0.0713 e. The van der Waals surface area contributed by atoms with Crippen molar-refractivity contribution in [1.29, 1.82) is 0 Å². The van der Waals surface area contributed by atoms with E-state index in [1.165, 1.54) is 66.8 Å². The van der Waals surface area contributed by atoms with Crippen LogP contribution in [0.4, 0.5) is 17.1 Å². The van der Waals surface area contributed by atoms with E-state index >= 15 is 0 Å². The van der Waals surface area contributed by atoms with Gasteiger partial charge in [-0.15, -0.1) is 0 Å². The van der Waals surface area contributed by atoms with Crippen molar-refractivity contribution in [1.82, 2.24) is 0 Å². The molecule has 0 atom stereocenters. The largest absolute Gasteiger partial charge is 0.311 e. The lowest BCUT2D eigenvalue weighted by molar-refractivity contribution is 0.768. The van der Waals surface area contributed by atoms with E-state index in [2.05, 4.69) is 241 Å². The quantitative estimate of drug-likeness (QED) is 0.152. The van der Waals surface area contributed by atoms with Crippen molar-refractivity contribution < 1.29 is 0 Å². The molecule has 1 nitrogen and oxygen atoms in total. The van der Waals surface area contributed by atoms with Crippen molar-refractivity contribution in [3.8, 4) is 44.5 Å². The minimum atomic E-state index is -0.384. The van der Waals surface area contributed by atoms with Gasteiger partial charge < -0.3 is 4.90 Å². The Morgan fingerprint density at radius 3 is 1.14 bits per heavy atom. The van der Waals surface area contributed by atoms with Crippen LogP contribution < -0.4 is 4.90 Å². The Hall–Kier alpha value is -7.22. The maximum atomic E-state index is 2.40. The molecule has 56 heavy (non-hydrogen) atoms. The number of nitrogens with zero attached hydrogens (tertiary/aromatic N) is 1. The van der Waals surface area contributed by atoms with Gasteiger partial charge >= 0.3 is 0 Å². The molecule has 9 aromatic rings. The molecule has 10 rings (SSSR count). The van der Waals surface area contributed by atoms with Crippen LogP contribution in [-0.4, -0.2) is 0 Å². The van der Waals surface area contributed by atoms with E-state index in [9.17, 15) is 0 Å². The van der Waals surface area contributed by atoms with E-state index in [-0.39, 0.29) is 5.41 Å². The summed E-state index contributed by atoms with van der Waals surface area (Å²) in [6, 6.07) is 85.9. The summed E-state index contributed by atoms with van der Waals surface area (Å²) in [4.78, 5) is 2.32. The Balaban J connectivity index is 0.970. The lowest BCUT2D eigenvalue weighted by Gasteiger charge is -2.33. The molecule has 1 heteroatoms. The molecular weight excluding hydrogens is 675 g/mol. The van der Waals surface area contributed by atoms with E-state index in [1.54, 1.807) is 0 Å². The Kier molecular flexibility index (Phi) is 8.46. The van der Waals surface area contributed by atoms with Gasteiger partial charge in [-0.25, -0.2) is 0 Å². The highest BCUT2D eigenvalue weighted by atomic mass is 15.1.